The maximum atomic E-state index is 10.7. The number of nitrogens with one attached hydrogen (secondary N) is 1. The highest BCUT2D eigenvalue weighted by molar-refractivity contribution is 7.14. The molecule has 7 heteroatoms. The molecule has 0 radical (unpaired) electrons. The van der Waals surface area contributed by atoms with Crippen LogP contribution in [0, 0.1) is 10.1 Å². The fraction of sp³-hybridized carbons (Fsp3) is 0.273. The fourth-order valence-electron chi connectivity index (χ4n) is 1.43. The van der Waals surface area contributed by atoms with Crippen LogP contribution in [0.2, 0.25) is 0 Å². The standard InChI is InChI=1S/C11H12N4O2S/c1-2-12-7-10-13-14-11(18-10)8-4-3-5-9(6-8)15(16)17/h3-6,12H,2,7H2,1H3. The van der Waals surface area contributed by atoms with E-state index in [-0.39, 0.29) is 5.69 Å². The van der Waals surface area contributed by atoms with Gasteiger partial charge in [-0.1, -0.05) is 30.4 Å². The van der Waals surface area contributed by atoms with E-state index in [4.69, 9.17) is 0 Å². The van der Waals surface area contributed by atoms with Crippen LogP contribution in [-0.2, 0) is 6.54 Å². The topological polar surface area (TPSA) is 81.0 Å². The van der Waals surface area contributed by atoms with Crippen LogP contribution < -0.4 is 5.32 Å². The molecule has 0 saturated heterocycles. The molecule has 18 heavy (non-hydrogen) atoms. The van der Waals surface area contributed by atoms with Crippen LogP contribution in [0.5, 0.6) is 0 Å². The first-order valence-corrected chi connectivity index (χ1v) is 6.30. The molecule has 0 spiro atoms. The maximum absolute atomic E-state index is 10.7. The van der Waals surface area contributed by atoms with E-state index in [1.807, 2.05) is 6.92 Å². The summed E-state index contributed by atoms with van der Waals surface area (Å²) in [6.07, 6.45) is 0. The van der Waals surface area contributed by atoms with Crippen LogP contribution in [0.1, 0.15) is 11.9 Å². The molecule has 1 heterocycles. The minimum absolute atomic E-state index is 0.0657. The Bertz CT molecular complexity index is 555. The van der Waals surface area contributed by atoms with Gasteiger partial charge in [-0.25, -0.2) is 0 Å². The molecule has 0 saturated carbocycles. The van der Waals surface area contributed by atoms with Crippen LogP contribution in [-0.4, -0.2) is 21.7 Å². The normalized spacial score (nSPS) is 10.5. The van der Waals surface area contributed by atoms with Gasteiger partial charge in [0.1, 0.15) is 10.0 Å². The van der Waals surface area contributed by atoms with Crippen molar-refractivity contribution in [2.24, 2.45) is 0 Å². The van der Waals surface area contributed by atoms with Gasteiger partial charge in [0.2, 0.25) is 0 Å². The van der Waals surface area contributed by atoms with Gasteiger partial charge in [0, 0.05) is 24.2 Å². The molecule has 0 aliphatic carbocycles. The summed E-state index contributed by atoms with van der Waals surface area (Å²) in [4.78, 5) is 10.3. The van der Waals surface area contributed by atoms with Crippen molar-refractivity contribution in [3.63, 3.8) is 0 Å². The molecule has 0 fully saturated rings. The number of nitro benzene ring substituents is 1. The minimum Gasteiger partial charge on any atom is -0.311 e. The highest BCUT2D eigenvalue weighted by Gasteiger charge is 2.10. The summed E-state index contributed by atoms with van der Waals surface area (Å²) in [6.45, 7) is 3.55. The zero-order valence-corrected chi connectivity index (χ0v) is 10.6. The number of non-ortho nitro benzene ring substituents is 1. The number of hydrogen-bond acceptors (Lipinski definition) is 6. The summed E-state index contributed by atoms with van der Waals surface area (Å²) >= 11 is 1.44. The molecular formula is C11H12N4O2S. The molecule has 2 rings (SSSR count). The lowest BCUT2D eigenvalue weighted by Crippen LogP contribution is -2.11. The average Bonchev–Trinajstić information content (AvgIpc) is 2.85. The molecule has 0 atom stereocenters. The Morgan fingerprint density at radius 2 is 2.28 bits per heavy atom. The van der Waals surface area contributed by atoms with Crippen molar-refractivity contribution in [1.29, 1.82) is 0 Å². The third-order valence-corrected chi connectivity index (χ3v) is 3.27. The summed E-state index contributed by atoms with van der Waals surface area (Å²) in [6, 6.07) is 6.42. The van der Waals surface area contributed by atoms with Crippen molar-refractivity contribution >= 4 is 17.0 Å². The first kappa shape index (κ1) is 12.6. The molecule has 94 valence electrons. The lowest BCUT2D eigenvalue weighted by molar-refractivity contribution is -0.384. The molecule has 0 aliphatic heterocycles. The van der Waals surface area contributed by atoms with Gasteiger partial charge in [-0.05, 0) is 6.54 Å². The molecule has 1 aromatic carbocycles. The zero-order valence-electron chi connectivity index (χ0n) is 9.79. The van der Waals surface area contributed by atoms with Crippen LogP contribution in [0.25, 0.3) is 10.6 Å². The average molecular weight is 264 g/mol. The van der Waals surface area contributed by atoms with Crippen LogP contribution in [0.4, 0.5) is 5.69 Å². The Kier molecular flexibility index (Phi) is 3.96. The SMILES string of the molecule is CCNCc1nnc(-c2cccc([N+](=O)[O-])c2)s1. The number of benzene rings is 1. The summed E-state index contributed by atoms with van der Waals surface area (Å²) in [7, 11) is 0. The molecule has 0 bridgehead atoms. The monoisotopic (exact) mass is 264 g/mol. The molecule has 6 nitrogen and oxygen atoms in total. The predicted octanol–water partition coefficient (Wildman–Crippen LogP) is 2.22. The van der Waals surface area contributed by atoms with Gasteiger partial charge in [-0.15, -0.1) is 10.2 Å². The third-order valence-electron chi connectivity index (χ3n) is 2.30. The Labute approximate surface area is 108 Å². The molecule has 2 aromatic rings. The Balaban J connectivity index is 2.23. The largest absolute Gasteiger partial charge is 0.311 e. The third kappa shape index (κ3) is 2.88. The van der Waals surface area contributed by atoms with Crippen molar-refractivity contribution in [2.45, 2.75) is 13.5 Å². The summed E-state index contributed by atoms with van der Waals surface area (Å²) in [5.41, 5.74) is 0.792. The van der Waals surface area contributed by atoms with Crippen molar-refractivity contribution in [3.05, 3.63) is 39.4 Å². The van der Waals surface area contributed by atoms with Crippen molar-refractivity contribution in [1.82, 2.24) is 15.5 Å². The second-order valence-electron chi connectivity index (χ2n) is 3.59. The summed E-state index contributed by atoms with van der Waals surface area (Å²) in [5.74, 6) is 0. The van der Waals surface area contributed by atoms with Crippen molar-refractivity contribution in [2.75, 3.05) is 6.54 Å². The summed E-state index contributed by atoms with van der Waals surface area (Å²) in [5, 5.41) is 23.5. The Morgan fingerprint density at radius 3 is 3.00 bits per heavy atom. The van der Waals surface area contributed by atoms with Gasteiger partial charge < -0.3 is 5.32 Å². The quantitative estimate of drug-likeness (QED) is 0.661. The Morgan fingerprint density at radius 1 is 1.44 bits per heavy atom. The number of hydrogen-bond donors (Lipinski definition) is 1. The van der Waals surface area contributed by atoms with E-state index in [2.05, 4.69) is 15.5 Å². The molecule has 0 unspecified atom stereocenters. The van der Waals surface area contributed by atoms with E-state index in [1.54, 1.807) is 12.1 Å². The second-order valence-corrected chi connectivity index (χ2v) is 4.65. The fourth-order valence-corrected chi connectivity index (χ4v) is 2.23. The van der Waals surface area contributed by atoms with Gasteiger partial charge in [-0.2, -0.15) is 0 Å². The van der Waals surface area contributed by atoms with Crippen molar-refractivity contribution < 1.29 is 4.92 Å². The Hall–Kier alpha value is -1.86. The van der Waals surface area contributed by atoms with E-state index in [9.17, 15) is 10.1 Å². The number of nitrogens with zero attached hydrogens (tertiary/aromatic N) is 3. The number of aromatic nitrogens is 2. The zero-order chi connectivity index (χ0) is 13.0. The highest BCUT2D eigenvalue weighted by Crippen LogP contribution is 2.26. The van der Waals surface area contributed by atoms with E-state index < -0.39 is 4.92 Å². The summed E-state index contributed by atoms with van der Waals surface area (Å²) < 4.78 is 0. The number of rotatable bonds is 5. The second kappa shape index (κ2) is 5.65. The molecule has 1 aromatic heterocycles. The van der Waals surface area contributed by atoms with Crippen LogP contribution in [0.3, 0.4) is 0 Å². The predicted molar refractivity (Wildman–Crippen MR) is 69.4 cm³/mol. The van der Waals surface area contributed by atoms with E-state index in [1.165, 1.54) is 23.5 Å². The highest BCUT2D eigenvalue weighted by atomic mass is 32.1. The smallest absolute Gasteiger partial charge is 0.270 e. The van der Waals surface area contributed by atoms with Gasteiger partial charge >= 0.3 is 0 Å². The minimum atomic E-state index is -0.413. The van der Waals surface area contributed by atoms with Crippen LogP contribution >= 0.6 is 11.3 Å². The first-order valence-electron chi connectivity index (χ1n) is 5.48. The van der Waals surface area contributed by atoms with Gasteiger partial charge in [0.25, 0.3) is 5.69 Å². The molecular weight excluding hydrogens is 252 g/mol. The van der Waals surface area contributed by atoms with Crippen molar-refractivity contribution in [3.8, 4) is 10.6 Å². The molecule has 0 amide bonds. The molecule has 0 aliphatic rings. The first-order chi connectivity index (χ1) is 8.70. The maximum Gasteiger partial charge on any atom is 0.270 e. The lowest BCUT2D eigenvalue weighted by atomic mass is 10.2. The molecule has 1 N–H and O–H groups in total. The van der Waals surface area contributed by atoms with E-state index in [0.29, 0.717) is 11.6 Å². The van der Waals surface area contributed by atoms with Crippen LogP contribution in [0.15, 0.2) is 24.3 Å². The van der Waals surface area contributed by atoms with Gasteiger partial charge in [0.05, 0.1) is 4.92 Å². The number of nitro groups is 1. The van der Waals surface area contributed by atoms with Gasteiger partial charge in [-0.3, -0.25) is 10.1 Å². The van der Waals surface area contributed by atoms with E-state index in [0.717, 1.165) is 17.1 Å². The van der Waals surface area contributed by atoms with E-state index >= 15 is 0 Å². The lowest BCUT2D eigenvalue weighted by Gasteiger charge is -1.95. The van der Waals surface area contributed by atoms with Gasteiger partial charge in [0.15, 0.2) is 0 Å².